The third-order valence-electron chi connectivity index (χ3n) is 1.02. The first-order valence-corrected chi connectivity index (χ1v) is 4.08. The highest BCUT2D eigenvalue weighted by Crippen LogP contribution is 1.97. The quantitative estimate of drug-likeness (QED) is 0.546. The van der Waals surface area contributed by atoms with E-state index in [1.807, 2.05) is 19.0 Å². The normalized spacial score (nSPS) is 11.8. The lowest BCUT2D eigenvalue weighted by molar-refractivity contribution is 0.0460. The minimum Gasteiger partial charge on any atom is -0.433 e. The Morgan fingerprint density at radius 3 is 2.46 bits per heavy atom. The molecule has 0 aromatic carbocycles. The van der Waals surface area contributed by atoms with Crippen molar-refractivity contribution in [2.75, 3.05) is 27.2 Å². The summed E-state index contributed by atoms with van der Waals surface area (Å²) < 4.78 is 9.19. The van der Waals surface area contributed by atoms with Crippen LogP contribution >= 0.6 is 24.0 Å². The van der Waals surface area contributed by atoms with E-state index in [1.165, 1.54) is 0 Å². The van der Waals surface area contributed by atoms with E-state index in [1.54, 1.807) is 6.92 Å². The Hall–Kier alpha value is -0.190. The second-order valence-corrected chi connectivity index (χ2v) is 3.18. The van der Waals surface area contributed by atoms with Crippen LogP contribution in [0, 0.1) is 0 Å². The Morgan fingerprint density at radius 2 is 2.08 bits per heavy atom. The number of rotatable bonds is 4. The fourth-order valence-electron chi connectivity index (χ4n) is 0.478. The van der Waals surface area contributed by atoms with Crippen LogP contribution in [-0.4, -0.2) is 43.9 Å². The lowest BCUT2D eigenvalue weighted by Crippen LogP contribution is -2.21. The van der Waals surface area contributed by atoms with Crippen molar-refractivity contribution in [2.45, 2.75) is 12.5 Å². The second-order valence-electron chi connectivity index (χ2n) is 2.56. The predicted molar refractivity (Wildman–Crippen MR) is 53.6 cm³/mol. The molecule has 13 heavy (non-hydrogen) atoms. The van der Waals surface area contributed by atoms with Crippen LogP contribution in [0.5, 0.6) is 0 Å². The molecule has 0 aliphatic rings. The zero-order valence-electron chi connectivity index (χ0n) is 7.95. The summed E-state index contributed by atoms with van der Waals surface area (Å²) in [4.78, 5) is 12.6. The Labute approximate surface area is 89.5 Å². The van der Waals surface area contributed by atoms with Crippen LogP contribution in [-0.2, 0) is 9.47 Å². The topological polar surface area (TPSA) is 38.8 Å². The summed E-state index contributed by atoms with van der Waals surface area (Å²) in [6.07, 6.45) is -0.723. The number of ether oxygens (including phenoxy) is 2. The van der Waals surface area contributed by atoms with Crippen molar-refractivity contribution in [1.29, 1.82) is 0 Å². The van der Waals surface area contributed by atoms with E-state index >= 15 is 0 Å². The lowest BCUT2D eigenvalue weighted by Gasteiger charge is -2.10. The predicted octanol–water partition coefficient (Wildman–Crippen LogP) is 1.71. The summed E-state index contributed by atoms with van der Waals surface area (Å²) in [7, 11) is 3.78. The summed E-state index contributed by atoms with van der Waals surface area (Å²) in [5.74, 6) is 0. The molecule has 0 amide bonds. The van der Waals surface area contributed by atoms with Gasteiger partial charge in [0.05, 0.1) is 0 Å². The number of hydrogen-bond donors (Lipinski definition) is 0. The van der Waals surface area contributed by atoms with Gasteiger partial charge in [-0.2, -0.15) is 0 Å². The van der Waals surface area contributed by atoms with Gasteiger partial charge in [-0.15, -0.1) is 12.4 Å². The molecule has 0 fully saturated rings. The molecule has 0 spiro atoms. The number of likely N-dealkylation sites (N-methyl/N-ethyl adjacent to an activating group) is 1. The van der Waals surface area contributed by atoms with Crippen LogP contribution in [0.25, 0.3) is 0 Å². The Morgan fingerprint density at radius 1 is 1.54 bits per heavy atom. The monoisotopic (exact) mass is 231 g/mol. The third kappa shape index (κ3) is 11.8. The van der Waals surface area contributed by atoms with E-state index in [-0.39, 0.29) is 12.4 Å². The minimum absolute atomic E-state index is 0. The maximum atomic E-state index is 10.7. The van der Waals surface area contributed by atoms with Crippen molar-refractivity contribution < 1.29 is 14.3 Å². The molecule has 0 bridgehead atoms. The van der Waals surface area contributed by atoms with Crippen LogP contribution in [0.3, 0.4) is 0 Å². The van der Waals surface area contributed by atoms with E-state index in [9.17, 15) is 4.79 Å². The molecule has 0 heterocycles. The van der Waals surface area contributed by atoms with Gasteiger partial charge in [-0.3, -0.25) is 0 Å². The molecular formula is C7H15Cl2NO3. The highest BCUT2D eigenvalue weighted by atomic mass is 35.5. The van der Waals surface area contributed by atoms with Gasteiger partial charge in [0.15, 0.2) is 5.56 Å². The summed E-state index contributed by atoms with van der Waals surface area (Å²) in [6.45, 7) is 2.54. The fraction of sp³-hybridized carbons (Fsp3) is 0.857. The zero-order valence-corrected chi connectivity index (χ0v) is 9.52. The molecule has 0 aromatic heterocycles. The van der Waals surface area contributed by atoms with Crippen molar-refractivity contribution in [3.8, 4) is 0 Å². The van der Waals surface area contributed by atoms with E-state index in [0.717, 1.165) is 0 Å². The molecule has 4 nitrogen and oxygen atoms in total. The molecule has 0 radical (unpaired) electrons. The van der Waals surface area contributed by atoms with Crippen LogP contribution < -0.4 is 0 Å². The van der Waals surface area contributed by atoms with Crippen LogP contribution in [0.1, 0.15) is 6.92 Å². The Bertz CT molecular complexity index is 142. The van der Waals surface area contributed by atoms with Gasteiger partial charge in [-0.05, 0) is 21.0 Å². The Kier molecular flexibility index (Phi) is 9.89. The summed E-state index contributed by atoms with van der Waals surface area (Å²) >= 11 is 5.38. The van der Waals surface area contributed by atoms with Gasteiger partial charge >= 0.3 is 6.16 Å². The largest absolute Gasteiger partial charge is 0.509 e. The molecule has 0 saturated carbocycles. The summed E-state index contributed by atoms with van der Waals surface area (Å²) in [5.41, 5.74) is -0.642. The highest BCUT2D eigenvalue weighted by Gasteiger charge is 2.06. The second kappa shape index (κ2) is 8.41. The van der Waals surface area contributed by atoms with E-state index < -0.39 is 11.7 Å². The SMILES string of the molecule is CC(Cl)OC(=O)OCCN(C)C.Cl. The molecule has 0 rings (SSSR count). The molecule has 0 saturated heterocycles. The highest BCUT2D eigenvalue weighted by molar-refractivity contribution is 6.19. The number of alkyl halides is 1. The molecule has 0 N–H and O–H groups in total. The van der Waals surface area contributed by atoms with Gasteiger partial charge in [0.2, 0.25) is 0 Å². The Balaban J connectivity index is 0. The number of hydrogen-bond acceptors (Lipinski definition) is 4. The smallest absolute Gasteiger partial charge is 0.433 e. The molecule has 6 heteroatoms. The summed E-state index contributed by atoms with van der Waals surface area (Å²) in [5, 5.41) is 0. The van der Waals surface area contributed by atoms with Crippen molar-refractivity contribution >= 4 is 30.2 Å². The minimum atomic E-state index is -0.723. The number of nitrogens with zero attached hydrogens (tertiary/aromatic N) is 1. The average molecular weight is 232 g/mol. The van der Waals surface area contributed by atoms with Crippen molar-refractivity contribution in [3.63, 3.8) is 0 Å². The first-order chi connectivity index (χ1) is 5.52. The molecule has 0 aliphatic heterocycles. The van der Waals surface area contributed by atoms with Gasteiger partial charge in [0, 0.05) is 6.54 Å². The number of carbonyl (C=O) groups excluding carboxylic acids is 1. The first-order valence-electron chi connectivity index (χ1n) is 3.64. The maximum absolute atomic E-state index is 10.7. The molecule has 0 aliphatic carbocycles. The van der Waals surface area contributed by atoms with Gasteiger partial charge in [0.25, 0.3) is 0 Å². The van der Waals surface area contributed by atoms with Gasteiger partial charge in [-0.1, -0.05) is 11.6 Å². The summed E-state index contributed by atoms with van der Waals surface area (Å²) in [6, 6.07) is 0. The van der Waals surface area contributed by atoms with Crippen LogP contribution in [0.2, 0.25) is 0 Å². The fourth-order valence-corrected chi connectivity index (χ4v) is 0.551. The molecule has 0 aromatic rings. The van der Waals surface area contributed by atoms with Gasteiger partial charge in [-0.25, -0.2) is 4.79 Å². The first kappa shape index (κ1) is 15.3. The van der Waals surface area contributed by atoms with Crippen LogP contribution in [0.4, 0.5) is 4.79 Å². The zero-order chi connectivity index (χ0) is 9.56. The molecule has 1 unspecified atom stereocenters. The van der Waals surface area contributed by atoms with Crippen LogP contribution in [0.15, 0.2) is 0 Å². The maximum Gasteiger partial charge on any atom is 0.509 e. The lowest BCUT2D eigenvalue weighted by atomic mass is 10.6. The number of halogens is 2. The van der Waals surface area contributed by atoms with Crippen molar-refractivity contribution in [1.82, 2.24) is 4.90 Å². The number of carbonyl (C=O) groups is 1. The third-order valence-corrected chi connectivity index (χ3v) is 1.11. The van der Waals surface area contributed by atoms with Gasteiger partial charge < -0.3 is 14.4 Å². The molecule has 1 atom stereocenters. The standard InChI is InChI=1S/C7H14ClNO3.ClH/c1-6(8)12-7(10)11-5-4-9(2)3;/h6H,4-5H2,1-3H3;1H. The molecular weight excluding hydrogens is 217 g/mol. The van der Waals surface area contributed by atoms with Crippen molar-refractivity contribution in [3.05, 3.63) is 0 Å². The van der Waals surface area contributed by atoms with E-state index in [0.29, 0.717) is 13.2 Å². The van der Waals surface area contributed by atoms with Gasteiger partial charge in [0.1, 0.15) is 6.61 Å². The van der Waals surface area contributed by atoms with E-state index in [2.05, 4.69) is 9.47 Å². The average Bonchev–Trinajstić information content (AvgIpc) is 1.84. The van der Waals surface area contributed by atoms with Crippen molar-refractivity contribution in [2.24, 2.45) is 0 Å². The van der Waals surface area contributed by atoms with E-state index in [4.69, 9.17) is 11.6 Å². The molecule has 80 valence electrons.